The van der Waals surface area contributed by atoms with Crippen LogP contribution in [0.1, 0.15) is 9.67 Å². The molecule has 0 atom stereocenters. The Bertz CT molecular complexity index is 1070. The Morgan fingerprint density at radius 2 is 1.96 bits per heavy atom. The van der Waals surface area contributed by atoms with Crippen molar-refractivity contribution in [1.82, 2.24) is 4.90 Å². The summed E-state index contributed by atoms with van der Waals surface area (Å²) >= 11 is 13.3. The Hall–Kier alpha value is -2.35. The Morgan fingerprint density at radius 3 is 2.68 bits per heavy atom. The first-order chi connectivity index (χ1) is 13.3. The number of amides is 2. The first kappa shape index (κ1) is 20.4. The minimum absolute atomic E-state index is 0.215. The standard InChI is InChI=1S/C19H15Cl2FN2O3S/c1-24(9-16(25)23-13-7-10(20)3-6-14(13)27-2)19(26)18-17(21)12-5-4-11(22)8-15(12)28-18/h3-8H,9H2,1-2H3,(H,23,25). The zero-order valence-electron chi connectivity index (χ0n) is 14.9. The monoisotopic (exact) mass is 440 g/mol. The van der Waals surface area contributed by atoms with Crippen molar-refractivity contribution >= 4 is 62.1 Å². The summed E-state index contributed by atoms with van der Waals surface area (Å²) < 4.78 is 19.1. The summed E-state index contributed by atoms with van der Waals surface area (Å²) in [5.41, 5.74) is 0.399. The van der Waals surface area contributed by atoms with Crippen LogP contribution in [0.2, 0.25) is 10.0 Å². The van der Waals surface area contributed by atoms with Gasteiger partial charge in [0.1, 0.15) is 16.4 Å². The lowest BCUT2D eigenvalue weighted by molar-refractivity contribution is -0.116. The molecule has 1 aromatic heterocycles. The van der Waals surface area contributed by atoms with Gasteiger partial charge in [-0.1, -0.05) is 23.2 Å². The largest absolute Gasteiger partial charge is 0.495 e. The van der Waals surface area contributed by atoms with E-state index in [-0.39, 0.29) is 16.4 Å². The van der Waals surface area contributed by atoms with Gasteiger partial charge in [-0.3, -0.25) is 9.59 Å². The first-order valence-corrected chi connectivity index (χ1v) is 9.63. The lowest BCUT2D eigenvalue weighted by Gasteiger charge is -2.17. The molecule has 0 fully saturated rings. The molecule has 0 saturated carbocycles. The topological polar surface area (TPSA) is 58.6 Å². The highest BCUT2D eigenvalue weighted by Crippen LogP contribution is 2.36. The Kier molecular flexibility index (Phi) is 6.07. The summed E-state index contributed by atoms with van der Waals surface area (Å²) in [6.07, 6.45) is 0. The number of anilines is 1. The van der Waals surface area contributed by atoms with Crippen LogP contribution in [0.4, 0.5) is 10.1 Å². The van der Waals surface area contributed by atoms with Crippen LogP contribution in [0.15, 0.2) is 36.4 Å². The molecule has 0 aliphatic carbocycles. The van der Waals surface area contributed by atoms with E-state index in [9.17, 15) is 14.0 Å². The minimum Gasteiger partial charge on any atom is -0.495 e. The molecule has 9 heteroatoms. The number of halogens is 3. The molecule has 0 radical (unpaired) electrons. The molecule has 0 saturated heterocycles. The second-order valence-electron chi connectivity index (χ2n) is 5.94. The van der Waals surface area contributed by atoms with Crippen molar-refractivity contribution in [2.75, 3.05) is 26.0 Å². The number of likely N-dealkylation sites (N-methyl/N-ethyl adjacent to an activating group) is 1. The Balaban J connectivity index is 1.75. The fraction of sp³-hybridized carbons (Fsp3) is 0.158. The molecule has 0 unspecified atom stereocenters. The summed E-state index contributed by atoms with van der Waals surface area (Å²) in [6.45, 7) is -0.215. The number of ether oxygens (including phenoxy) is 1. The van der Waals surface area contributed by atoms with Crippen molar-refractivity contribution in [3.63, 3.8) is 0 Å². The van der Waals surface area contributed by atoms with E-state index in [1.54, 1.807) is 18.2 Å². The van der Waals surface area contributed by atoms with E-state index >= 15 is 0 Å². The number of fused-ring (bicyclic) bond motifs is 1. The molecule has 1 N–H and O–H groups in total. The molecule has 3 rings (SSSR count). The number of carbonyl (C=O) groups is 2. The third-order valence-electron chi connectivity index (χ3n) is 3.95. The van der Waals surface area contributed by atoms with Crippen molar-refractivity contribution in [1.29, 1.82) is 0 Å². The first-order valence-electron chi connectivity index (χ1n) is 8.06. The number of thiophene rings is 1. The van der Waals surface area contributed by atoms with Gasteiger partial charge in [-0.15, -0.1) is 11.3 Å². The van der Waals surface area contributed by atoms with Gasteiger partial charge in [0.2, 0.25) is 5.91 Å². The molecule has 0 bridgehead atoms. The zero-order valence-corrected chi connectivity index (χ0v) is 17.2. The normalized spacial score (nSPS) is 10.8. The summed E-state index contributed by atoms with van der Waals surface area (Å²) in [7, 11) is 2.96. The van der Waals surface area contributed by atoms with Crippen LogP contribution in [0.5, 0.6) is 5.75 Å². The van der Waals surface area contributed by atoms with Gasteiger partial charge in [-0.2, -0.15) is 0 Å². The molecular weight excluding hydrogens is 426 g/mol. The third-order valence-corrected chi connectivity index (χ3v) is 5.83. The van der Waals surface area contributed by atoms with Crippen molar-refractivity contribution in [2.45, 2.75) is 0 Å². The van der Waals surface area contributed by atoms with Crippen LogP contribution >= 0.6 is 34.5 Å². The minimum atomic E-state index is -0.431. The van der Waals surface area contributed by atoms with E-state index in [0.29, 0.717) is 26.5 Å². The molecule has 0 aliphatic rings. The number of hydrogen-bond donors (Lipinski definition) is 1. The van der Waals surface area contributed by atoms with Crippen molar-refractivity contribution in [3.05, 3.63) is 57.1 Å². The number of carbonyl (C=O) groups excluding carboxylic acids is 2. The van der Waals surface area contributed by atoms with Crippen molar-refractivity contribution < 1.29 is 18.7 Å². The van der Waals surface area contributed by atoms with E-state index < -0.39 is 17.6 Å². The van der Waals surface area contributed by atoms with E-state index in [1.807, 2.05) is 0 Å². The second-order valence-corrected chi connectivity index (χ2v) is 7.81. The highest BCUT2D eigenvalue weighted by atomic mass is 35.5. The maximum absolute atomic E-state index is 13.4. The van der Waals surface area contributed by atoms with Crippen molar-refractivity contribution in [2.24, 2.45) is 0 Å². The maximum atomic E-state index is 13.4. The molecule has 0 aliphatic heterocycles. The average Bonchev–Trinajstić information content (AvgIpc) is 2.96. The van der Waals surface area contributed by atoms with Gasteiger partial charge in [0.05, 0.1) is 24.4 Å². The van der Waals surface area contributed by atoms with Crippen molar-refractivity contribution in [3.8, 4) is 5.75 Å². The highest BCUT2D eigenvalue weighted by Gasteiger charge is 2.22. The van der Waals surface area contributed by atoms with Gasteiger partial charge in [0.25, 0.3) is 5.91 Å². The second kappa shape index (κ2) is 8.34. The smallest absolute Gasteiger partial charge is 0.265 e. The maximum Gasteiger partial charge on any atom is 0.265 e. The summed E-state index contributed by atoms with van der Waals surface area (Å²) in [6, 6.07) is 8.95. The SMILES string of the molecule is COc1ccc(Cl)cc1NC(=O)CN(C)C(=O)c1sc2cc(F)ccc2c1Cl. The van der Waals surface area contributed by atoms with Crippen LogP contribution in [-0.2, 0) is 4.79 Å². The highest BCUT2D eigenvalue weighted by molar-refractivity contribution is 7.21. The number of nitrogens with one attached hydrogen (secondary N) is 1. The molecule has 146 valence electrons. The predicted octanol–water partition coefficient (Wildman–Crippen LogP) is 5.07. The molecule has 1 heterocycles. The van der Waals surface area contributed by atoms with Gasteiger partial charge in [0.15, 0.2) is 0 Å². The Labute approximate surface area is 174 Å². The number of nitrogens with zero attached hydrogens (tertiary/aromatic N) is 1. The molecule has 3 aromatic rings. The quantitative estimate of drug-likeness (QED) is 0.602. The van der Waals surface area contributed by atoms with Gasteiger partial charge in [0, 0.05) is 22.2 Å². The lowest BCUT2D eigenvalue weighted by atomic mass is 10.2. The summed E-state index contributed by atoms with van der Waals surface area (Å²) in [4.78, 5) is 26.6. The summed E-state index contributed by atoms with van der Waals surface area (Å²) in [5.74, 6) is -0.826. The van der Waals surface area contributed by atoms with Crippen LogP contribution in [-0.4, -0.2) is 37.4 Å². The number of rotatable bonds is 5. The van der Waals surface area contributed by atoms with Gasteiger partial charge in [-0.05, 0) is 36.4 Å². The molecule has 28 heavy (non-hydrogen) atoms. The fourth-order valence-corrected chi connectivity index (χ4v) is 4.31. The van der Waals surface area contributed by atoms with Gasteiger partial charge in [-0.25, -0.2) is 4.39 Å². The van der Waals surface area contributed by atoms with Crippen LogP contribution in [0, 0.1) is 5.82 Å². The zero-order chi connectivity index (χ0) is 20.4. The molecule has 5 nitrogen and oxygen atoms in total. The van der Waals surface area contributed by atoms with Gasteiger partial charge < -0.3 is 15.0 Å². The molecule has 2 amide bonds. The van der Waals surface area contributed by atoms with Crippen LogP contribution in [0.25, 0.3) is 10.1 Å². The number of methoxy groups -OCH3 is 1. The fourth-order valence-electron chi connectivity index (χ4n) is 2.60. The third kappa shape index (κ3) is 4.22. The average molecular weight is 441 g/mol. The van der Waals surface area contributed by atoms with E-state index in [2.05, 4.69) is 5.32 Å². The molecule has 0 spiro atoms. The molecular formula is C19H15Cl2FN2O3S. The Morgan fingerprint density at radius 1 is 1.21 bits per heavy atom. The molecule has 2 aromatic carbocycles. The van der Waals surface area contributed by atoms with E-state index in [0.717, 1.165) is 11.3 Å². The van der Waals surface area contributed by atoms with Gasteiger partial charge >= 0.3 is 0 Å². The van der Waals surface area contributed by atoms with Crippen LogP contribution < -0.4 is 10.1 Å². The van der Waals surface area contributed by atoms with E-state index in [1.165, 1.54) is 37.3 Å². The number of hydrogen-bond acceptors (Lipinski definition) is 4. The van der Waals surface area contributed by atoms with Crippen LogP contribution in [0.3, 0.4) is 0 Å². The predicted molar refractivity (Wildman–Crippen MR) is 110 cm³/mol. The van der Waals surface area contributed by atoms with E-state index in [4.69, 9.17) is 27.9 Å². The number of benzene rings is 2. The lowest BCUT2D eigenvalue weighted by Crippen LogP contribution is -2.34. The summed E-state index contributed by atoms with van der Waals surface area (Å²) in [5, 5.41) is 3.94.